The summed E-state index contributed by atoms with van der Waals surface area (Å²) in [6.45, 7) is 1.89. The number of nitrogens with one attached hydrogen (secondary N) is 2. The number of amides is 1. The molecule has 3 rings (SSSR count). The highest BCUT2D eigenvalue weighted by Gasteiger charge is 2.19. The average Bonchev–Trinajstić information content (AvgIpc) is 2.84. The first kappa shape index (κ1) is 13.2. The van der Waals surface area contributed by atoms with Crippen molar-refractivity contribution in [2.75, 3.05) is 12.4 Å². The minimum Gasteiger partial charge on any atom is -0.496 e. The molecule has 0 atom stereocenters. The lowest BCUT2D eigenvalue weighted by Gasteiger charge is -2.07. The number of methoxy groups -OCH3 is 1. The molecule has 0 aliphatic heterocycles. The molecule has 3 aromatic rings. The summed E-state index contributed by atoms with van der Waals surface area (Å²) >= 11 is 0. The van der Waals surface area contributed by atoms with Gasteiger partial charge in [0.15, 0.2) is 0 Å². The second kappa shape index (κ2) is 5.32. The lowest BCUT2D eigenvalue weighted by Crippen LogP contribution is -2.12. The Morgan fingerprint density at radius 2 is 1.86 bits per heavy atom. The molecule has 0 spiro atoms. The highest BCUT2D eigenvalue weighted by molar-refractivity contribution is 6.15. The summed E-state index contributed by atoms with van der Waals surface area (Å²) in [4.78, 5) is 15.8. The Morgan fingerprint density at radius 3 is 2.57 bits per heavy atom. The predicted molar refractivity (Wildman–Crippen MR) is 84.0 cm³/mol. The second-order valence-electron chi connectivity index (χ2n) is 4.83. The van der Waals surface area contributed by atoms with Crippen molar-refractivity contribution in [2.45, 2.75) is 6.92 Å². The number of aryl methyl sites for hydroxylation is 1. The maximum Gasteiger partial charge on any atom is 0.258 e. The van der Waals surface area contributed by atoms with Crippen LogP contribution in [0.2, 0.25) is 0 Å². The molecular formula is C17H16N2O2. The highest BCUT2D eigenvalue weighted by Crippen LogP contribution is 2.31. The number of hydrogen-bond donors (Lipinski definition) is 2. The highest BCUT2D eigenvalue weighted by atomic mass is 16.5. The number of carbonyl (C=O) groups excluding carboxylic acids is 1. The monoisotopic (exact) mass is 280 g/mol. The van der Waals surface area contributed by atoms with E-state index in [0.717, 1.165) is 22.3 Å². The first-order chi connectivity index (χ1) is 10.2. The van der Waals surface area contributed by atoms with E-state index in [1.807, 2.05) is 55.5 Å². The minimum atomic E-state index is -0.144. The summed E-state index contributed by atoms with van der Waals surface area (Å²) in [6.07, 6.45) is 0. The maximum absolute atomic E-state index is 12.6. The number of aromatic amines is 1. The number of rotatable bonds is 3. The molecule has 0 aliphatic carbocycles. The van der Waals surface area contributed by atoms with Gasteiger partial charge in [0.25, 0.3) is 5.91 Å². The maximum atomic E-state index is 12.6. The smallest absolute Gasteiger partial charge is 0.258 e. The molecule has 0 unspecified atom stereocenters. The van der Waals surface area contributed by atoms with E-state index in [0.29, 0.717) is 11.3 Å². The molecule has 0 radical (unpaired) electrons. The van der Waals surface area contributed by atoms with Crippen molar-refractivity contribution < 1.29 is 9.53 Å². The Hall–Kier alpha value is -2.75. The molecule has 2 aromatic carbocycles. The van der Waals surface area contributed by atoms with Gasteiger partial charge in [-0.15, -0.1) is 0 Å². The Labute approximate surface area is 122 Å². The van der Waals surface area contributed by atoms with E-state index in [9.17, 15) is 4.79 Å². The zero-order valence-corrected chi connectivity index (χ0v) is 11.9. The van der Waals surface area contributed by atoms with Gasteiger partial charge in [-0.1, -0.05) is 24.3 Å². The van der Waals surface area contributed by atoms with E-state index in [1.165, 1.54) is 0 Å². The largest absolute Gasteiger partial charge is 0.496 e. The van der Waals surface area contributed by atoms with Crippen LogP contribution in [0.1, 0.15) is 16.1 Å². The first-order valence-corrected chi connectivity index (χ1v) is 6.72. The fourth-order valence-electron chi connectivity index (χ4n) is 2.51. The number of aromatic nitrogens is 1. The molecule has 1 amide bonds. The number of carbonyl (C=O) groups is 1. The summed E-state index contributed by atoms with van der Waals surface area (Å²) in [6, 6.07) is 15.1. The van der Waals surface area contributed by atoms with Gasteiger partial charge >= 0.3 is 0 Å². The summed E-state index contributed by atoms with van der Waals surface area (Å²) in [5, 5.41) is 3.73. The van der Waals surface area contributed by atoms with Crippen molar-refractivity contribution in [3.8, 4) is 5.75 Å². The fraction of sp³-hybridized carbons (Fsp3) is 0.118. The van der Waals surface area contributed by atoms with Crippen molar-refractivity contribution in [2.24, 2.45) is 0 Å². The van der Waals surface area contributed by atoms with Crippen LogP contribution in [0.4, 0.5) is 5.69 Å². The van der Waals surface area contributed by atoms with Crippen molar-refractivity contribution in [3.05, 3.63) is 59.8 Å². The summed E-state index contributed by atoms with van der Waals surface area (Å²) in [7, 11) is 1.61. The summed E-state index contributed by atoms with van der Waals surface area (Å²) < 4.78 is 5.38. The van der Waals surface area contributed by atoms with Crippen LogP contribution in [-0.4, -0.2) is 18.0 Å². The lowest BCUT2D eigenvalue weighted by molar-refractivity contribution is 0.102. The number of para-hydroxylation sites is 1. The van der Waals surface area contributed by atoms with E-state index in [1.54, 1.807) is 7.11 Å². The molecule has 0 saturated carbocycles. The van der Waals surface area contributed by atoms with Gasteiger partial charge < -0.3 is 15.0 Å². The zero-order valence-electron chi connectivity index (χ0n) is 11.9. The van der Waals surface area contributed by atoms with Gasteiger partial charge in [-0.3, -0.25) is 4.79 Å². The third-order valence-electron chi connectivity index (χ3n) is 3.45. The molecule has 1 aromatic heterocycles. The molecule has 0 saturated heterocycles. The third-order valence-corrected chi connectivity index (χ3v) is 3.45. The molecule has 4 heteroatoms. The molecule has 0 aliphatic rings. The van der Waals surface area contributed by atoms with Crippen molar-refractivity contribution in [1.29, 1.82) is 0 Å². The molecule has 21 heavy (non-hydrogen) atoms. The summed E-state index contributed by atoms with van der Waals surface area (Å²) in [5.74, 6) is 0.546. The molecule has 0 fully saturated rings. The van der Waals surface area contributed by atoms with Crippen LogP contribution >= 0.6 is 0 Å². The van der Waals surface area contributed by atoms with Gasteiger partial charge in [-0.2, -0.15) is 0 Å². The van der Waals surface area contributed by atoms with E-state index in [-0.39, 0.29) is 5.91 Å². The van der Waals surface area contributed by atoms with E-state index in [4.69, 9.17) is 4.74 Å². The molecule has 1 heterocycles. The average molecular weight is 280 g/mol. The third kappa shape index (κ3) is 2.36. The minimum absolute atomic E-state index is 0.144. The van der Waals surface area contributed by atoms with Crippen LogP contribution in [0.15, 0.2) is 48.5 Å². The summed E-state index contributed by atoms with van der Waals surface area (Å²) in [5.41, 5.74) is 3.10. The van der Waals surface area contributed by atoms with Crippen LogP contribution in [0.5, 0.6) is 5.75 Å². The predicted octanol–water partition coefficient (Wildman–Crippen LogP) is 3.74. The fourth-order valence-corrected chi connectivity index (χ4v) is 2.51. The van der Waals surface area contributed by atoms with Crippen LogP contribution < -0.4 is 10.1 Å². The van der Waals surface area contributed by atoms with Crippen molar-refractivity contribution >= 4 is 22.5 Å². The van der Waals surface area contributed by atoms with Crippen LogP contribution in [0.3, 0.4) is 0 Å². The van der Waals surface area contributed by atoms with Crippen LogP contribution in [0.25, 0.3) is 10.9 Å². The van der Waals surface area contributed by atoms with Gasteiger partial charge in [0, 0.05) is 11.4 Å². The van der Waals surface area contributed by atoms with Gasteiger partial charge in [0.2, 0.25) is 0 Å². The lowest BCUT2D eigenvalue weighted by atomic mass is 10.1. The van der Waals surface area contributed by atoms with Crippen molar-refractivity contribution in [1.82, 2.24) is 4.98 Å². The number of anilines is 1. The normalized spacial score (nSPS) is 10.6. The SMILES string of the molecule is COc1cccc2[nH]c(C)c(C(=O)Nc3ccccc3)c12. The zero-order chi connectivity index (χ0) is 14.8. The number of ether oxygens (including phenoxy) is 1. The standard InChI is InChI=1S/C17H16N2O2/c1-11-15(17(20)19-12-7-4-3-5-8-12)16-13(18-11)9-6-10-14(16)21-2/h3-10,18H,1-2H3,(H,19,20). The van der Waals surface area contributed by atoms with Crippen LogP contribution in [0, 0.1) is 6.92 Å². The molecule has 106 valence electrons. The number of benzene rings is 2. The van der Waals surface area contributed by atoms with E-state index < -0.39 is 0 Å². The van der Waals surface area contributed by atoms with Gasteiger partial charge in [-0.25, -0.2) is 0 Å². The molecular weight excluding hydrogens is 264 g/mol. The van der Waals surface area contributed by atoms with Gasteiger partial charge in [0.1, 0.15) is 5.75 Å². The number of H-pyrrole nitrogens is 1. The Bertz CT molecular complexity index is 791. The van der Waals surface area contributed by atoms with E-state index in [2.05, 4.69) is 10.3 Å². The number of hydrogen-bond acceptors (Lipinski definition) is 2. The first-order valence-electron chi connectivity index (χ1n) is 6.72. The Kier molecular flexibility index (Phi) is 3.36. The van der Waals surface area contributed by atoms with Crippen LogP contribution in [-0.2, 0) is 0 Å². The molecule has 0 bridgehead atoms. The van der Waals surface area contributed by atoms with Gasteiger partial charge in [-0.05, 0) is 31.2 Å². The second-order valence-corrected chi connectivity index (χ2v) is 4.83. The quantitative estimate of drug-likeness (QED) is 0.768. The van der Waals surface area contributed by atoms with Gasteiger partial charge in [0.05, 0.1) is 23.6 Å². The number of fused-ring (bicyclic) bond motifs is 1. The molecule has 2 N–H and O–H groups in total. The topological polar surface area (TPSA) is 54.1 Å². The Balaban J connectivity index is 2.07. The Morgan fingerprint density at radius 1 is 1.10 bits per heavy atom. The van der Waals surface area contributed by atoms with Crippen molar-refractivity contribution in [3.63, 3.8) is 0 Å². The van der Waals surface area contributed by atoms with E-state index >= 15 is 0 Å². The molecule has 4 nitrogen and oxygen atoms in total.